The first-order valence-corrected chi connectivity index (χ1v) is 7.36. The highest BCUT2D eigenvalue weighted by Gasteiger charge is 2.15. The van der Waals surface area contributed by atoms with Gasteiger partial charge in [-0.25, -0.2) is 0 Å². The van der Waals surface area contributed by atoms with Crippen molar-refractivity contribution in [1.82, 2.24) is 15.3 Å². The number of fused-ring (bicyclic) bond motifs is 1. The van der Waals surface area contributed by atoms with Crippen LogP contribution in [0.4, 0.5) is 0 Å². The van der Waals surface area contributed by atoms with Gasteiger partial charge in [-0.2, -0.15) is 0 Å². The molecule has 3 heteroatoms. The van der Waals surface area contributed by atoms with Crippen LogP contribution in [0.1, 0.15) is 30.5 Å². The zero-order chi connectivity index (χ0) is 14.5. The molecule has 3 aromatic rings. The van der Waals surface area contributed by atoms with Gasteiger partial charge in [0.2, 0.25) is 0 Å². The summed E-state index contributed by atoms with van der Waals surface area (Å²) in [6.07, 6.45) is 8.59. The summed E-state index contributed by atoms with van der Waals surface area (Å²) in [7, 11) is 0. The first kappa shape index (κ1) is 13.7. The van der Waals surface area contributed by atoms with Crippen molar-refractivity contribution >= 4 is 10.8 Å². The van der Waals surface area contributed by atoms with Crippen molar-refractivity contribution in [1.29, 1.82) is 0 Å². The molecule has 106 valence electrons. The van der Waals surface area contributed by atoms with E-state index in [4.69, 9.17) is 0 Å². The first-order valence-electron chi connectivity index (χ1n) is 7.36. The normalized spacial score (nSPS) is 12.4. The van der Waals surface area contributed by atoms with E-state index in [1.54, 1.807) is 0 Å². The van der Waals surface area contributed by atoms with Gasteiger partial charge in [0, 0.05) is 30.2 Å². The molecular weight excluding hydrogens is 258 g/mol. The molecule has 2 heterocycles. The van der Waals surface area contributed by atoms with E-state index in [-0.39, 0.29) is 6.04 Å². The molecule has 3 rings (SSSR count). The van der Waals surface area contributed by atoms with Crippen LogP contribution in [0.3, 0.4) is 0 Å². The lowest BCUT2D eigenvalue weighted by Gasteiger charge is -2.21. The quantitative estimate of drug-likeness (QED) is 0.772. The molecule has 0 saturated carbocycles. The summed E-state index contributed by atoms with van der Waals surface area (Å²) in [6, 6.07) is 12.8. The molecule has 0 aliphatic rings. The SMILES string of the molecule is CCCNC(c1ccncc1)c1cccc2ccncc12. The molecule has 0 spiro atoms. The topological polar surface area (TPSA) is 37.8 Å². The standard InChI is InChI=1S/C18H19N3/c1-2-9-21-18(15-7-10-19-11-8-15)16-5-3-4-14-6-12-20-13-17(14)16/h3-8,10-13,18,21H,2,9H2,1H3. The number of benzene rings is 1. The van der Waals surface area contributed by atoms with Crippen LogP contribution in [0.2, 0.25) is 0 Å². The molecule has 2 aromatic heterocycles. The van der Waals surface area contributed by atoms with E-state index in [0.29, 0.717) is 0 Å². The molecule has 21 heavy (non-hydrogen) atoms. The highest BCUT2D eigenvalue weighted by molar-refractivity contribution is 5.85. The first-order chi connectivity index (χ1) is 10.4. The third-order valence-corrected chi connectivity index (χ3v) is 3.67. The molecule has 1 unspecified atom stereocenters. The molecule has 0 saturated heterocycles. The summed E-state index contributed by atoms with van der Waals surface area (Å²) in [6.45, 7) is 3.16. The van der Waals surface area contributed by atoms with Gasteiger partial charge in [0.05, 0.1) is 6.04 Å². The molecule has 1 N–H and O–H groups in total. The van der Waals surface area contributed by atoms with Crippen molar-refractivity contribution in [3.05, 3.63) is 72.3 Å². The maximum absolute atomic E-state index is 4.29. The van der Waals surface area contributed by atoms with Gasteiger partial charge in [0.1, 0.15) is 0 Å². The van der Waals surface area contributed by atoms with E-state index in [2.05, 4.69) is 58.6 Å². The summed E-state index contributed by atoms with van der Waals surface area (Å²) in [5.74, 6) is 0. The van der Waals surface area contributed by atoms with Crippen LogP contribution in [0, 0.1) is 0 Å². The van der Waals surface area contributed by atoms with Crippen molar-refractivity contribution < 1.29 is 0 Å². The van der Waals surface area contributed by atoms with Crippen LogP contribution < -0.4 is 5.32 Å². The number of nitrogens with zero attached hydrogens (tertiary/aromatic N) is 2. The Hall–Kier alpha value is -2.26. The summed E-state index contributed by atoms with van der Waals surface area (Å²) in [5, 5.41) is 6.06. The number of aromatic nitrogens is 2. The minimum absolute atomic E-state index is 0.167. The lowest BCUT2D eigenvalue weighted by Crippen LogP contribution is -2.23. The lowest BCUT2D eigenvalue weighted by molar-refractivity contribution is 0.601. The van der Waals surface area contributed by atoms with Gasteiger partial charge in [-0.1, -0.05) is 25.1 Å². The van der Waals surface area contributed by atoms with Crippen LogP contribution in [-0.4, -0.2) is 16.5 Å². The third kappa shape index (κ3) is 2.93. The largest absolute Gasteiger partial charge is 0.306 e. The summed E-state index contributed by atoms with van der Waals surface area (Å²) in [5.41, 5.74) is 2.50. The fourth-order valence-electron chi connectivity index (χ4n) is 2.64. The molecule has 0 aliphatic heterocycles. The number of hydrogen-bond acceptors (Lipinski definition) is 3. The molecule has 3 nitrogen and oxygen atoms in total. The highest BCUT2D eigenvalue weighted by Crippen LogP contribution is 2.28. The monoisotopic (exact) mass is 277 g/mol. The predicted octanol–water partition coefficient (Wildman–Crippen LogP) is 3.72. The van der Waals surface area contributed by atoms with E-state index in [1.165, 1.54) is 21.9 Å². The molecule has 0 fully saturated rings. The Morgan fingerprint density at radius 2 is 1.81 bits per heavy atom. The maximum Gasteiger partial charge on any atom is 0.0584 e. The Morgan fingerprint density at radius 3 is 2.62 bits per heavy atom. The molecule has 1 aromatic carbocycles. The molecule has 0 bridgehead atoms. The number of hydrogen-bond donors (Lipinski definition) is 1. The predicted molar refractivity (Wildman–Crippen MR) is 86.1 cm³/mol. The molecule has 0 amide bonds. The minimum Gasteiger partial charge on any atom is -0.306 e. The van der Waals surface area contributed by atoms with Gasteiger partial charge in [0.15, 0.2) is 0 Å². The number of pyridine rings is 2. The van der Waals surface area contributed by atoms with Gasteiger partial charge in [-0.05, 0) is 47.7 Å². The summed E-state index contributed by atoms with van der Waals surface area (Å²) in [4.78, 5) is 8.41. The number of rotatable bonds is 5. The second kappa shape index (κ2) is 6.46. The van der Waals surface area contributed by atoms with Crippen LogP contribution in [0.5, 0.6) is 0 Å². The van der Waals surface area contributed by atoms with E-state index in [1.807, 2.05) is 24.8 Å². The van der Waals surface area contributed by atoms with Gasteiger partial charge in [-0.3, -0.25) is 9.97 Å². The van der Waals surface area contributed by atoms with Gasteiger partial charge in [0.25, 0.3) is 0 Å². The lowest BCUT2D eigenvalue weighted by atomic mass is 9.95. The van der Waals surface area contributed by atoms with Gasteiger partial charge < -0.3 is 5.32 Å². The Bertz CT molecular complexity index is 704. The van der Waals surface area contributed by atoms with Crippen molar-refractivity contribution in [2.24, 2.45) is 0 Å². The zero-order valence-electron chi connectivity index (χ0n) is 12.2. The minimum atomic E-state index is 0.167. The van der Waals surface area contributed by atoms with Crippen molar-refractivity contribution in [2.45, 2.75) is 19.4 Å². The Labute approximate surface area is 125 Å². The van der Waals surface area contributed by atoms with Gasteiger partial charge in [-0.15, -0.1) is 0 Å². The van der Waals surface area contributed by atoms with Crippen LogP contribution in [0.25, 0.3) is 10.8 Å². The maximum atomic E-state index is 4.29. The average Bonchev–Trinajstić information content (AvgIpc) is 2.56. The zero-order valence-corrected chi connectivity index (χ0v) is 12.2. The highest BCUT2D eigenvalue weighted by atomic mass is 14.9. The fraction of sp³-hybridized carbons (Fsp3) is 0.222. The van der Waals surface area contributed by atoms with Crippen molar-refractivity contribution in [2.75, 3.05) is 6.54 Å². The fourth-order valence-corrected chi connectivity index (χ4v) is 2.64. The summed E-state index contributed by atoms with van der Waals surface area (Å²) < 4.78 is 0. The smallest absolute Gasteiger partial charge is 0.0584 e. The van der Waals surface area contributed by atoms with E-state index < -0.39 is 0 Å². The Morgan fingerprint density at radius 1 is 1.00 bits per heavy atom. The second-order valence-corrected chi connectivity index (χ2v) is 5.11. The average molecular weight is 277 g/mol. The molecule has 0 radical (unpaired) electrons. The third-order valence-electron chi connectivity index (χ3n) is 3.67. The van der Waals surface area contributed by atoms with Crippen LogP contribution in [-0.2, 0) is 0 Å². The molecular formula is C18H19N3. The Kier molecular flexibility index (Phi) is 4.22. The Balaban J connectivity index is 2.10. The summed E-state index contributed by atoms with van der Waals surface area (Å²) >= 11 is 0. The van der Waals surface area contributed by atoms with Crippen LogP contribution in [0.15, 0.2) is 61.2 Å². The molecule has 1 atom stereocenters. The molecule has 0 aliphatic carbocycles. The second-order valence-electron chi connectivity index (χ2n) is 5.11. The van der Waals surface area contributed by atoms with E-state index in [0.717, 1.165) is 13.0 Å². The number of nitrogens with one attached hydrogen (secondary N) is 1. The van der Waals surface area contributed by atoms with Gasteiger partial charge >= 0.3 is 0 Å². The van der Waals surface area contributed by atoms with E-state index >= 15 is 0 Å². The van der Waals surface area contributed by atoms with Crippen molar-refractivity contribution in [3.63, 3.8) is 0 Å². The van der Waals surface area contributed by atoms with Crippen LogP contribution >= 0.6 is 0 Å². The van der Waals surface area contributed by atoms with Crippen molar-refractivity contribution in [3.8, 4) is 0 Å². The van der Waals surface area contributed by atoms with E-state index in [9.17, 15) is 0 Å².